The molecule has 6 heteroatoms. The molecule has 0 radical (unpaired) electrons. The smallest absolute Gasteiger partial charge is 0.219 e. The van der Waals surface area contributed by atoms with Crippen molar-refractivity contribution < 1.29 is 4.79 Å². The van der Waals surface area contributed by atoms with Crippen molar-refractivity contribution in [2.45, 2.75) is 26.3 Å². The van der Waals surface area contributed by atoms with E-state index in [9.17, 15) is 4.79 Å². The Balaban J connectivity index is 1.35. The predicted octanol–water partition coefficient (Wildman–Crippen LogP) is 2.41. The third kappa shape index (κ3) is 4.27. The zero-order valence-electron chi connectivity index (χ0n) is 16.0. The number of hydrogen-bond acceptors (Lipinski definition) is 5. The molecule has 3 heterocycles. The maximum Gasteiger partial charge on any atom is 0.219 e. The van der Waals surface area contributed by atoms with Crippen LogP contribution in [-0.2, 0) is 11.3 Å². The minimum Gasteiger partial charge on any atom is -0.355 e. The minimum absolute atomic E-state index is 0.177. The van der Waals surface area contributed by atoms with Crippen LogP contribution in [0.4, 0.5) is 5.82 Å². The van der Waals surface area contributed by atoms with Crippen LogP contribution in [0.15, 0.2) is 36.7 Å². The molecule has 0 bridgehead atoms. The van der Waals surface area contributed by atoms with E-state index in [-0.39, 0.29) is 5.91 Å². The second-order valence-corrected chi connectivity index (χ2v) is 7.43. The monoisotopic (exact) mass is 365 g/mol. The molecule has 2 aromatic rings. The van der Waals surface area contributed by atoms with Gasteiger partial charge in [-0.25, -0.2) is 4.98 Å². The van der Waals surface area contributed by atoms with Crippen molar-refractivity contribution in [2.24, 2.45) is 0 Å². The summed E-state index contributed by atoms with van der Waals surface area (Å²) in [6.07, 6.45) is 6.26. The second kappa shape index (κ2) is 8.05. The van der Waals surface area contributed by atoms with Gasteiger partial charge in [-0.05, 0) is 18.4 Å². The zero-order valence-corrected chi connectivity index (χ0v) is 16.0. The SMILES string of the molecule is CC(=O)N1CCN(Cc2ccc(-c3cnc(N4CCCC4)cn3)cc2)CC1. The molecule has 0 spiro atoms. The van der Waals surface area contributed by atoms with Crippen molar-refractivity contribution in [2.75, 3.05) is 44.2 Å². The minimum atomic E-state index is 0.177. The maximum absolute atomic E-state index is 11.4. The summed E-state index contributed by atoms with van der Waals surface area (Å²) in [5, 5.41) is 0. The number of nitrogens with zero attached hydrogens (tertiary/aromatic N) is 5. The highest BCUT2D eigenvalue weighted by atomic mass is 16.2. The normalized spacial score (nSPS) is 18.1. The summed E-state index contributed by atoms with van der Waals surface area (Å²) >= 11 is 0. The molecule has 1 aromatic heterocycles. The summed E-state index contributed by atoms with van der Waals surface area (Å²) < 4.78 is 0. The fraction of sp³-hybridized carbons (Fsp3) is 0.476. The standard InChI is InChI=1S/C21H27N5O/c1-17(27)25-12-10-24(11-13-25)16-18-4-6-19(7-5-18)20-14-23-21(15-22-20)26-8-2-3-9-26/h4-7,14-15H,2-3,8-13,16H2,1H3. The van der Waals surface area contributed by atoms with E-state index in [0.717, 1.165) is 62.9 Å². The molecule has 0 unspecified atom stereocenters. The number of benzene rings is 1. The number of rotatable bonds is 4. The maximum atomic E-state index is 11.4. The molecule has 0 N–H and O–H groups in total. The van der Waals surface area contributed by atoms with Gasteiger partial charge in [-0.3, -0.25) is 14.7 Å². The molecule has 2 saturated heterocycles. The predicted molar refractivity (Wildman–Crippen MR) is 106 cm³/mol. The van der Waals surface area contributed by atoms with Gasteiger partial charge in [0.1, 0.15) is 5.82 Å². The Morgan fingerprint density at radius 2 is 1.63 bits per heavy atom. The summed E-state index contributed by atoms with van der Waals surface area (Å²) in [7, 11) is 0. The first kappa shape index (κ1) is 17.9. The quantitative estimate of drug-likeness (QED) is 0.833. The Morgan fingerprint density at radius 3 is 2.22 bits per heavy atom. The van der Waals surface area contributed by atoms with E-state index in [1.165, 1.54) is 18.4 Å². The van der Waals surface area contributed by atoms with Crippen LogP contribution >= 0.6 is 0 Å². The lowest BCUT2D eigenvalue weighted by Gasteiger charge is -2.34. The van der Waals surface area contributed by atoms with Crippen LogP contribution in [0.1, 0.15) is 25.3 Å². The van der Waals surface area contributed by atoms with Crippen LogP contribution < -0.4 is 4.90 Å². The number of hydrogen-bond donors (Lipinski definition) is 0. The molecule has 6 nitrogen and oxygen atoms in total. The molecule has 142 valence electrons. The lowest BCUT2D eigenvalue weighted by atomic mass is 10.1. The van der Waals surface area contributed by atoms with Crippen LogP contribution in [0.3, 0.4) is 0 Å². The molecule has 2 aliphatic heterocycles. The van der Waals surface area contributed by atoms with E-state index in [2.05, 4.69) is 44.0 Å². The average molecular weight is 365 g/mol. The lowest BCUT2D eigenvalue weighted by Crippen LogP contribution is -2.47. The molecular weight excluding hydrogens is 338 g/mol. The Hall–Kier alpha value is -2.47. The van der Waals surface area contributed by atoms with Crippen molar-refractivity contribution in [1.82, 2.24) is 19.8 Å². The van der Waals surface area contributed by atoms with E-state index < -0.39 is 0 Å². The summed E-state index contributed by atoms with van der Waals surface area (Å²) in [4.78, 5) is 27.3. The van der Waals surface area contributed by atoms with Gasteiger partial charge in [-0.1, -0.05) is 24.3 Å². The van der Waals surface area contributed by atoms with Gasteiger partial charge in [0, 0.05) is 58.3 Å². The first-order valence-corrected chi connectivity index (χ1v) is 9.83. The number of piperazine rings is 1. The summed E-state index contributed by atoms with van der Waals surface area (Å²) in [6.45, 7) is 8.27. The summed E-state index contributed by atoms with van der Waals surface area (Å²) in [6, 6.07) is 8.59. The van der Waals surface area contributed by atoms with Gasteiger partial charge in [0.2, 0.25) is 5.91 Å². The molecule has 27 heavy (non-hydrogen) atoms. The Bertz CT molecular complexity index is 760. The zero-order chi connectivity index (χ0) is 18.6. The van der Waals surface area contributed by atoms with Gasteiger partial charge in [0.05, 0.1) is 18.1 Å². The molecule has 1 amide bonds. The van der Waals surface area contributed by atoms with Crippen molar-refractivity contribution in [3.05, 3.63) is 42.2 Å². The van der Waals surface area contributed by atoms with E-state index in [4.69, 9.17) is 0 Å². The number of carbonyl (C=O) groups is 1. The van der Waals surface area contributed by atoms with E-state index in [1.807, 2.05) is 17.3 Å². The van der Waals surface area contributed by atoms with Gasteiger partial charge in [-0.2, -0.15) is 0 Å². The number of carbonyl (C=O) groups excluding carboxylic acids is 1. The van der Waals surface area contributed by atoms with Crippen molar-refractivity contribution >= 4 is 11.7 Å². The summed E-state index contributed by atoms with van der Waals surface area (Å²) in [5.74, 6) is 1.16. The molecule has 0 saturated carbocycles. The fourth-order valence-electron chi connectivity index (χ4n) is 3.84. The highest BCUT2D eigenvalue weighted by Crippen LogP contribution is 2.21. The van der Waals surface area contributed by atoms with Crippen molar-refractivity contribution in [3.63, 3.8) is 0 Å². The average Bonchev–Trinajstić information content (AvgIpc) is 3.24. The fourth-order valence-corrected chi connectivity index (χ4v) is 3.84. The largest absolute Gasteiger partial charge is 0.355 e. The van der Waals surface area contributed by atoms with Crippen LogP contribution in [0, 0.1) is 0 Å². The topological polar surface area (TPSA) is 52.6 Å². The number of aromatic nitrogens is 2. The second-order valence-electron chi connectivity index (χ2n) is 7.43. The molecule has 4 rings (SSSR count). The molecule has 2 aliphatic rings. The van der Waals surface area contributed by atoms with Gasteiger partial charge >= 0.3 is 0 Å². The van der Waals surface area contributed by atoms with Crippen molar-refractivity contribution in [3.8, 4) is 11.3 Å². The third-order valence-electron chi connectivity index (χ3n) is 5.54. The summed E-state index contributed by atoms with van der Waals surface area (Å²) in [5.41, 5.74) is 3.30. The Labute approximate surface area is 160 Å². The van der Waals surface area contributed by atoms with Gasteiger partial charge in [0.15, 0.2) is 0 Å². The molecule has 0 atom stereocenters. The van der Waals surface area contributed by atoms with Gasteiger partial charge in [-0.15, -0.1) is 0 Å². The van der Waals surface area contributed by atoms with Crippen molar-refractivity contribution in [1.29, 1.82) is 0 Å². The highest BCUT2D eigenvalue weighted by molar-refractivity contribution is 5.73. The van der Waals surface area contributed by atoms with E-state index in [1.54, 1.807) is 6.92 Å². The molecule has 1 aromatic carbocycles. The van der Waals surface area contributed by atoms with E-state index in [0.29, 0.717) is 0 Å². The Morgan fingerprint density at radius 1 is 0.926 bits per heavy atom. The van der Waals surface area contributed by atoms with Crippen LogP contribution in [0.2, 0.25) is 0 Å². The van der Waals surface area contributed by atoms with Crippen LogP contribution in [-0.4, -0.2) is 64.9 Å². The first-order valence-electron chi connectivity index (χ1n) is 9.83. The lowest BCUT2D eigenvalue weighted by molar-refractivity contribution is -0.130. The van der Waals surface area contributed by atoms with E-state index >= 15 is 0 Å². The number of anilines is 1. The Kier molecular flexibility index (Phi) is 5.34. The molecule has 2 fully saturated rings. The molecular formula is C21H27N5O. The third-order valence-corrected chi connectivity index (χ3v) is 5.54. The number of amides is 1. The highest BCUT2D eigenvalue weighted by Gasteiger charge is 2.18. The van der Waals surface area contributed by atoms with Gasteiger partial charge in [0.25, 0.3) is 0 Å². The van der Waals surface area contributed by atoms with Crippen LogP contribution in [0.25, 0.3) is 11.3 Å². The molecule has 0 aliphatic carbocycles. The van der Waals surface area contributed by atoms with Crippen LogP contribution in [0.5, 0.6) is 0 Å². The van der Waals surface area contributed by atoms with Gasteiger partial charge < -0.3 is 9.80 Å². The first-order chi connectivity index (χ1) is 13.2.